The van der Waals surface area contributed by atoms with E-state index >= 15 is 0 Å². The second-order valence-corrected chi connectivity index (χ2v) is 10.0. The van der Waals surface area contributed by atoms with Gasteiger partial charge in [0.05, 0.1) is 0 Å². The normalized spacial score (nSPS) is 44.4. The maximum absolute atomic E-state index is 4.71. The third kappa shape index (κ3) is 2.52. The van der Waals surface area contributed by atoms with E-state index in [1.807, 2.05) is 6.20 Å². The van der Waals surface area contributed by atoms with E-state index in [9.17, 15) is 0 Å². The summed E-state index contributed by atoms with van der Waals surface area (Å²) >= 11 is 1.68. The van der Waals surface area contributed by atoms with Gasteiger partial charge in [0.1, 0.15) is 0 Å². The number of rotatable bonds is 3. The molecule has 0 radical (unpaired) electrons. The first-order valence-corrected chi connectivity index (χ1v) is 10.8. The molecule has 0 aromatic heterocycles. The first-order valence-electron chi connectivity index (χ1n) is 9.63. The molecule has 2 heterocycles. The van der Waals surface area contributed by atoms with Gasteiger partial charge >= 0.3 is 155 Å². The second kappa shape index (κ2) is 6.14. The molecule has 134 valence electrons. The fourth-order valence-corrected chi connectivity index (χ4v) is 6.81. The number of nitrogens with one attached hydrogen (secondary N) is 1. The van der Waals surface area contributed by atoms with Crippen LogP contribution in [0.2, 0.25) is 0 Å². The number of amidine groups is 1. The molecule has 4 fully saturated rings. The molecule has 0 aromatic rings. The van der Waals surface area contributed by atoms with Gasteiger partial charge in [-0.25, -0.2) is 0 Å². The average molecular weight is 392 g/mol. The monoisotopic (exact) mass is 392 g/mol. The van der Waals surface area contributed by atoms with Crippen LogP contribution in [0.1, 0.15) is 40.0 Å². The Morgan fingerprint density at radius 3 is 2.75 bits per heavy atom. The third-order valence-electron chi connectivity index (χ3n) is 7.69. The summed E-state index contributed by atoms with van der Waals surface area (Å²) in [7, 11) is 2.09. The fourth-order valence-electron chi connectivity index (χ4n) is 5.91. The number of aliphatic imine (C=N–C) groups is 1. The number of nitrogens with zero attached hydrogens (tertiary/aromatic N) is 3. The molecular formula is C19H33AsN4. The summed E-state index contributed by atoms with van der Waals surface area (Å²) in [6.07, 6.45) is 8.85. The zero-order chi connectivity index (χ0) is 17.1. The summed E-state index contributed by atoms with van der Waals surface area (Å²) in [4.78, 5) is 10.1. The van der Waals surface area contributed by atoms with Crippen molar-refractivity contribution in [2.24, 2.45) is 28.2 Å². The van der Waals surface area contributed by atoms with Crippen LogP contribution in [0.3, 0.4) is 0 Å². The number of fused-ring (bicyclic) bond motifs is 2. The van der Waals surface area contributed by atoms with Crippen LogP contribution in [0, 0.1) is 23.2 Å². The molecular weight excluding hydrogens is 359 g/mol. The molecule has 24 heavy (non-hydrogen) atoms. The van der Waals surface area contributed by atoms with Crippen molar-refractivity contribution in [2.75, 3.05) is 20.1 Å². The van der Waals surface area contributed by atoms with Gasteiger partial charge in [0.25, 0.3) is 0 Å². The number of hydrogen-bond acceptors (Lipinski definition) is 4. The van der Waals surface area contributed by atoms with Gasteiger partial charge in [-0.2, -0.15) is 0 Å². The van der Waals surface area contributed by atoms with Gasteiger partial charge in [0.2, 0.25) is 0 Å². The third-order valence-corrected chi connectivity index (χ3v) is 8.63. The number of hydrogen-bond donors (Lipinski definition) is 1. The maximum atomic E-state index is 4.71. The van der Waals surface area contributed by atoms with Crippen LogP contribution in [-0.4, -0.2) is 69.7 Å². The van der Waals surface area contributed by atoms with Crippen LogP contribution < -0.4 is 5.32 Å². The fraction of sp³-hybridized carbons (Fsp3) is 0.842. The first-order chi connectivity index (χ1) is 11.4. The Balaban J connectivity index is 1.56. The summed E-state index contributed by atoms with van der Waals surface area (Å²) in [5.74, 6) is 2.55. The predicted molar refractivity (Wildman–Crippen MR) is 103 cm³/mol. The van der Waals surface area contributed by atoms with E-state index in [1.165, 1.54) is 30.4 Å². The van der Waals surface area contributed by atoms with Gasteiger partial charge in [-0.15, -0.1) is 0 Å². The quantitative estimate of drug-likeness (QED) is 0.739. The molecule has 2 unspecified atom stereocenters. The summed E-state index contributed by atoms with van der Waals surface area (Å²) in [5.41, 5.74) is 0.554. The van der Waals surface area contributed by atoms with Gasteiger partial charge < -0.3 is 0 Å². The first kappa shape index (κ1) is 17.1. The van der Waals surface area contributed by atoms with E-state index < -0.39 is 0 Å². The van der Waals surface area contributed by atoms with Crippen LogP contribution >= 0.6 is 0 Å². The summed E-state index contributed by atoms with van der Waals surface area (Å²) in [6, 6.07) is 1.30. The van der Waals surface area contributed by atoms with Crippen LogP contribution in [0.5, 0.6) is 0 Å². The van der Waals surface area contributed by atoms with Crippen molar-refractivity contribution >= 4 is 21.5 Å². The SMILES string of the molecule is CN[C@@H]1CCN(C2C=CN=C([AsH2])N2[C@H]2C[C@H]3C[C@@H]([C@@H]2C)C3(C)C)C1. The average Bonchev–Trinajstić information content (AvgIpc) is 3.03. The van der Waals surface area contributed by atoms with Crippen LogP contribution in [0.15, 0.2) is 17.3 Å². The van der Waals surface area contributed by atoms with E-state index in [0.717, 1.165) is 24.3 Å². The van der Waals surface area contributed by atoms with Crippen molar-refractivity contribution in [1.82, 2.24) is 15.1 Å². The molecule has 5 aliphatic rings. The molecule has 3 aliphatic carbocycles. The number of likely N-dealkylation sites (tertiary alicyclic amines) is 1. The topological polar surface area (TPSA) is 30.9 Å². The Hall–Kier alpha value is -0.312. The van der Waals surface area contributed by atoms with E-state index in [1.54, 1.807) is 16.9 Å². The second-order valence-electron chi connectivity index (χ2n) is 8.94. The zero-order valence-corrected chi connectivity index (χ0v) is 18.0. The summed E-state index contributed by atoms with van der Waals surface area (Å²) in [5, 5.41) is 3.46. The van der Waals surface area contributed by atoms with Gasteiger partial charge in [0.15, 0.2) is 0 Å². The van der Waals surface area contributed by atoms with Crippen LogP contribution in [0.25, 0.3) is 0 Å². The summed E-state index contributed by atoms with van der Waals surface area (Å²) < 4.78 is 1.28. The molecule has 1 saturated heterocycles. The van der Waals surface area contributed by atoms with E-state index in [4.69, 9.17) is 4.99 Å². The van der Waals surface area contributed by atoms with Crippen LogP contribution in [-0.2, 0) is 0 Å². The molecule has 0 spiro atoms. The molecule has 2 aliphatic heterocycles. The van der Waals surface area contributed by atoms with Crippen molar-refractivity contribution in [3.05, 3.63) is 12.3 Å². The number of likely N-dealkylation sites (N-methyl/N-ethyl adjacent to an activating group) is 1. The molecule has 5 rings (SSSR count). The Kier molecular flexibility index (Phi) is 4.38. The van der Waals surface area contributed by atoms with Gasteiger partial charge in [-0.1, -0.05) is 0 Å². The molecule has 0 amide bonds. The van der Waals surface area contributed by atoms with Crippen molar-refractivity contribution in [3.63, 3.8) is 0 Å². The van der Waals surface area contributed by atoms with Gasteiger partial charge in [-0.05, 0) is 0 Å². The van der Waals surface area contributed by atoms with E-state index in [0.29, 0.717) is 23.7 Å². The molecule has 2 bridgehead atoms. The molecule has 1 N–H and O–H groups in total. The summed E-state index contributed by atoms with van der Waals surface area (Å²) in [6.45, 7) is 9.84. The molecule has 3 saturated carbocycles. The van der Waals surface area contributed by atoms with Gasteiger partial charge in [-0.3, -0.25) is 0 Å². The Morgan fingerprint density at radius 1 is 1.33 bits per heavy atom. The Labute approximate surface area is 155 Å². The van der Waals surface area contributed by atoms with Crippen molar-refractivity contribution in [2.45, 2.75) is 58.3 Å². The van der Waals surface area contributed by atoms with Crippen molar-refractivity contribution in [1.29, 1.82) is 0 Å². The van der Waals surface area contributed by atoms with Crippen LogP contribution in [0.4, 0.5) is 0 Å². The Morgan fingerprint density at radius 2 is 2.12 bits per heavy atom. The van der Waals surface area contributed by atoms with E-state index in [-0.39, 0.29) is 0 Å². The molecule has 7 atom stereocenters. The van der Waals surface area contributed by atoms with Crippen molar-refractivity contribution in [3.8, 4) is 0 Å². The van der Waals surface area contributed by atoms with Gasteiger partial charge in [0, 0.05) is 0 Å². The van der Waals surface area contributed by atoms with E-state index in [2.05, 4.69) is 49.0 Å². The minimum atomic E-state index is 0.413. The standard InChI is InChI=1S/C19H33AsN4/c1-12-15-9-13(19(15,2)3)10-16(12)24-17(5-7-22-18(24)20)23-8-6-14(11-23)21-4/h5,7,12-17,21H,6,8-11,20H2,1-4H3/t12-,13+,14+,15-,16-,17?/m0/s1. The molecule has 0 aromatic carbocycles. The molecule has 5 heteroatoms. The minimum absolute atomic E-state index is 0.413. The predicted octanol–water partition coefficient (Wildman–Crippen LogP) is 1.50. The zero-order valence-electron chi connectivity index (χ0n) is 15.6. The Bertz CT molecular complexity index is 558. The van der Waals surface area contributed by atoms with Crippen molar-refractivity contribution < 1.29 is 0 Å². The molecule has 4 nitrogen and oxygen atoms in total.